The topological polar surface area (TPSA) is 62.7 Å². The second-order valence-corrected chi connectivity index (χ2v) is 8.19. The van der Waals surface area contributed by atoms with Gasteiger partial charge in [-0.05, 0) is 55.3 Å². The Bertz CT molecular complexity index is 644. The molecule has 0 radical (unpaired) electrons. The largest absolute Gasteiger partial charge is 0.469 e. The number of piperidine rings is 2. The summed E-state index contributed by atoms with van der Waals surface area (Å²) in [5, 5.41) is 0. The van der Waals surface area contributed by atoms with Crippen LogP contribution in [-0.4, -0.2) is 59.9 Å². The Morgan fingerprint density at radius 2 is 1.82 bits per heavy atom. The van der Waals surface area contributed by atoms with Crippen LogP contribution in [0.25, 0.3) is 0 Å². The van der Waals surface area contributed by atoms with Crippen molar-refractivity contribution < 1.29 is 14.3 Å². The monoisotopic (exact) mass is 387 g/mol. The van der Waals surface area contributed by atoms with Crippen LogP contribution in [0.15, 0.2) is 24.5 Å². The molecule has 1 aromatic heterocycles. The van der Waals surface area contributed by atoms with E-state index < -0.39 is 0 Å². The summed E-state index contributed by atoms with van der Waals surface area (Å²) in [5.41, 5.74) is 1.30. The predicted octanol–water partition coefficient (Wildman–Crippen LogP) is 2.73. The van der Waals surface area contributed by atoms with Crippen LogP contribution in [-0.2, 0) is 20.9 Å². The van der Waals surface area contributed by atoms with Crippen LogP contribution in [0.5, 0.6) is 0 Å². The summed E-state index contributed by atoms with van der Waals surface area (Å²) >= 11 is 0. The van der Waals surface area contributed by atoms with Gasteiger partial charge in [-0.3, -0.25) is 19.5 Å². The highest BCUT2D eigenvalue weighted by atomic mass is 16.5. The van der Waals surface area contributed by atoms with Gasteiger partial charge in [0.25, 0.3) is 0 Å². The zero-order valence-corrected chi connectivity index (χ0v) is 17.2. The minimum absolute atomic E-state index is 0.0473. The van der Waals surface area contributed by atoms with Gasteiger partial charge in [0, 0.05) is 45.0 Å². The minimum Gasteiger partial charge on any atom is -0.469 e. The van der Waals surface area contributed by atoms with Crippen molar-refractivity contribution in [2.45, 2.75) is 45.6 Å². The molecule has 2 atom stereocenters. The number of aromatic nitrogens is 1. The number of rotatable bonds is 6. The van der Waals surface area contributed by atoms with E-state index in [9.17, 15) is 9.59 Å². The van der Waals surface area contributed by atoms with Gasteiger partial charge in [0.15, 0.2) is 0 Å². The van der Waals surface area contributed by atoms with Gasteiger partial charge in [-0.2, -0.15) is 0 Å². The molecule has 2 saturated heterocycles. The van der Waals surface area contributed by atoms with Crippen LogP contribution in [0.4, 0.5) is 0 Å². The first-order valence-electron chi connectivity index (χ1n) is 10.6. The molecule has 2 aliphatic rings. The summed E-state index contributed by atoms with van der Waals surface area (Å²) in [7, 11) is 1.44. The van der Waals surface area contributed by atoms with Crippen LogP contribution in [0.2, 0.25) is 0 Å². The van der Waals surface area contributed by atoms with Crippen molar-refractivity contribution in [2.24, 2.45) is 17.8 Å². The first-order chi connectivity index (χ1) is 13.6. The lowest BCUT2D eigenvalue weighted by Crippen LogP contribution is -2.44. The number of hydrogen-bond acceptors (Lipinski definition) is 5. The van der Waals surface area contributed by atoms with Crippen molar-refractivity contribution in [3.8, 4) is 0 Å². The van der Waals surface area contributed by atoms with E-state index in [1.165, 1.54) is 12.7 Å². The van der Waals surface area contributed by atoms with E-state index in [1.807, 2.05) is 17.3 Å². The molecule has 0 aromatic carbocycles. The summed E-state index contributed by atoms with van der Waals surface area (Å²) in [5.74, 6) is 1.10. The molecule has 6 heteroatoms. The molecule has 2 aliphatic heterocycles. The number of pyridine rings is 1. The summed E-state index contributed by atoms with van der Waals surface area (Å²) in [6.45, 7) is 6.65. The van der Waals surface area contributed by atoms with Gasteiger partial charge in [0.2, 0.25) is 5.91 Å². The van der Waals surface area contributed by atoms with E-state index >= 15 is 0 Å². The average molecular weight is 388 g/mol. The van der Waals surface area contributed by atoms with E-state index in [4.69, 9.17) is 4.74 Å². The maximum Gasteiger partial charge on any atom is 0.308 e. The van der Waals surface area contributed by atoms with Crippen molar-refractivity contribution in [3.63, 3.8) is 0 Å². The van der Waals surface area contributed by atoms with E-state index in [-0.39, 0.29) is 17.8 Å². The number of nitrogens with zero attached hydrogens (tertiary/aromatic N) is 3. The number of carbonyl (C=O) groups is 2. The first kappa shape index (κ1) is 20.8. The Labute approximate surface area is 168 Å². The maximum atomic E-state index is 12.8. The Hall–Kier alpha value is -1.95. The van der Waals surface area contributed by atoms with E-state index in [0.717, 1.165) is 45.3 Å². The Kier molecular flexibility index (Phi) is 7.43. The molecular weight excluding hydrogens is 354 g/mol. The van der Waals surface area contributed by atoms with Gasteiger partial charge in [-0.25, -0.2) is 0 Å². The standard InChI is InChI=1S/C22H33N3O3/c1-3-18-16-24(15-17-4-9-23-10-5-17)11-6-20(18)14-21(26)25-12-7-19(8-13-25)22(27)28-2/h4-5,9-10,18-20H,3,6-8,11-16H2,1-2H3/t18-,20+/m1/s1. The minimum atomic E-state index is -0.139. The van der Waals surface area contributed by atoms with Gasteiger partial charge in [0.1, 0.15) is 0 Å². The number of esters is 1. The Morgan fingerprint density at radius 3 is 2.46 bits per heavy atom. The molecule has 0 saturated carbocycles. The van der Waals surface area contributed by atoms with E-state index in [2.05, 4.69) is 28.9 Å². The second kappa shape index (κ2) is 10.0. The maximum absolute atomic E-state index is 12.8. The predicted molar refractivity (Wildman–Crippen MR) is 107 cm³/mol. The van der Waals surface area contributed by atoms with Gasteiger partial charge in [-0.15, -0.1) is 0 Å². The number of methoxy groups -OCH3 is 1. The number of carbonyl (C=O) groups excluding carboxylic acids is 2. The first-order valence-corrected chi connectivity index (χ1v) is 10.6. The summed E-state index contributed by atoms with van der Waals surface area (Å²) in [4.78, 5) is 33.1. The van der Waals surface area contributed by atoms with Gasteiger partial charge >= 0.3 is 5.97 Å². The van der Waals surface area contributed by atoms with Gasteiger partial charge < -0.3 is 9.64 Å². The fraction of sp³-hybridized carbons (Fsp3) is 0.682. The summed E-state index contributed by atoms with van der Waals surface area (Å²) in [6, 6.07) is 4.16. The van der Waals surface area contributed by atoms with Crippen molar-refractivity contribution >= 4 is 11.9 Å². The zero-order valence-electron chi connectivity index (χ0n) is 17.2. The average Bonchev–Trinajstić information content (AvgIpc) is 2.75. The van der Waals surface area contributed by atoms with E-state index in [1.54, 1.807) is 0 Å². The molecule has 0 N–H and O–H groups in total. The third kappa shape index (κ3) is 5.31. The molecule has 6 nitrogen and oxygen atoms in total. The molecular formula is C22H33N3O3. The molecule has 0 aliphatic carbocycles. The lowest BCUT2D eigenvalue weighted by atomic mass is 9.81. The highest BCUT2D eigenvalue weighted by molar-refractivity contribution is 5.77. The smallest absolute Gasteiger partial charge is 0.308 e. The van der Waals surface area contributed by atoms with Crippen LogP contribution in [0.1, 0.15) is 44.6 Å². The van der Waals surface area contributed by atoms with Crippen molar-refractivity contribution in [3.05, 3.63) is 30.1 Å². The fourth-order valence-corrected chi connectivity index (χ4v) is 4.66. The molecule has 1 amide bonds. The Balaban J connectivity index is 1.48. The molecule has 1 aromatic rings. The van der Waals surface area contributed by atoms with Crippen LogP contribution in [0, 0.1) is 17.8 Å². The van der Waals surface area contributed by atoms with Crippen LogP contribution >= 0.6 is 0 Å². The number of ether oxygens (including phenoxy) is 1. The highest BCUT2D eigenvalue weighted by Crippen LogP contribution is 2.31. The SMILES string of the molecule is CC[C@@H]1CN(Cc2ccncc2)CC[C@H]1CC(=O)N1CCC(C(=O)OC)CC1. The number of hydrogen-bond donors (Lipinski definition) is 0. The summed E-state index contributed by atoms with van der Waals surface area (Å²) < 4.78 is 4.84. The third-order valence-electron chi connectivity index (χ3n) is 6.47. The fourth-order valence-electron chi connectivity index (χ4n) is 4.66. The lowest BCUT2D eigenvalue weighted by molar-refractivity contribution is -0.149. The van der Waals surface area contributed by atoms with Crippen molar-refractivity contribution in [2.75, 3.05) is 33.3 Å². The Morgan fingerprint density at radius 1 is 1.11 bits per heavy atom. The molecule has 0 unspecified atom stereocenters. The molecule has 3 rings (SSSR count). The molecule has 28 heavy (non-hydrogen) atoms. The number of likely N-dealkylation sites (tertiary alicyclic amines) is 2. The van der Waals surface area contributed by atoms with Crippen LogP contribution in [0.3, 0.4) is 0 Å². The quantitative estimate of drug-likeness (QED) is 0.703. The molecule has 154 valence electrons. The normalized spacial score (nSPS) is 24.1. The second-order valence-electron chi connectivity index (χ2n) is 8.19. The lowest BCUT2D eigenvalue weighted by Gasteiger charge is -2.39. The zero-order chi connectivity index (χ0) is 19.9. The third-order valence-corrected chi connectivity index (χ3v) is 6.47. The molecule has 0 bridgehead atoms. The van der Waals surface area contributed by atoms with Crippen LogP contribution < -0.4 is 0 Å². The summed E-state index contributed by atoms with van der Waals surface area (Å²) in [6.07, 6.45) is 7.97. The highest BCUT2D eigenvalue weighted by Gasteiger charge is 2.33. The molecule has 2 fully saturated rings. The molecule has 0 spiro atoms. The van der Waals surface area contributed by atoms with E-state index in [0.29, 0.717) is 31.3 Å². The molecule has 3 heterocycles. The van der Waals surface area contributed by atoms with Gasteiger partial charge in [-0.1, -0.05) is 13.3 Å². The van der Waals surface area contributed by atoms with Crippen molar-refractivity contribution in [1.82, 2.24) is 14.8 Å². The van der Waals surface area contributed by atoms with Crippen molar-refractivity contribution in [1.29, 1.82) is 0 Å². The number of amides is 1. The van der Waals surface area contributed by atoms with Gasteiger partial charge in [0.05, 0.1) is 13.0 Å².